The summed E-state index contributed by atoms with van der Waals surface area (Å²) in [4.78, 5) is 2.26. The predicted octanol–water partition coefficient (Wildman–Crippen LogP) is 4.65. The summed E-state index contributed by atoms with van der Waals surface area (Å²) < 4.78 is 19.3. The van der Waals surface area contributed by atoms with Crippen LogP contribution in [0.4, 0.5) is 0 Å². The Hall–Kier alpha value is -2.74. The fraction of sp³-hybridized carbons (Fsp3) is 0.444. The number of benzene rings is 2. The van der Waals surface area contributed by atoms with Crippen LogP contribution in [-0.4, -0.2) is 58.8 Å². The lowest BCUT2D eigenvalue weighted by Gasteiger charge is -2.39. The van der Waals surface area contributed by atoms with Gasteiger partial charge in [-0.25, -0.2) is 0 Å². The molecule has 0 radical (unpaired) electrons. The van der Waals surface area contributed by atoms with Gasteiger partial charge in [0.2, 0.25) is 0 Å². The average molecular weight is 500 g/mol. The average Bonchev–Trinajstić information content (AvgIpc) is 3.35. The standard InChI is InChI=1S/C27H34ClN3O4/c1-20-14-23(15-21(2)26(20)28)35-19-27(32)8-4-10-30(18-27)17-22-6-7-24(25(16-22)33-3)34-13-12-31-11-5-9-29-31/h5-7,9,11,14-16,32H,4,8,10,12-13,17-19H2,1-3H3/t27-/m1/s1. The van der Waals surface area contributed by atoms with Crippen LogP contribution in [0.5, 0.6) is 17.2 Å². The van der Waals surface area contributed by atoms with Crippen LogP contribution < -0.4 is 14.2 Å². The van der Waals surface area contributed by atoms with E-state index < -0.39 is 5.60 Å². The molecule has 1 atom stereocenters. The van der Waals surface area contributed by atoms with Gasteiger partial charge in [0.05, 0.1) is 13.7 Å². The normalized spacial score (nSPS) is 18.4. The van der Waals surface area contributed by atoms with Gasteiger partial charge in [-0.1, -0.05) is 17.7 Å². The molecule has 8 heteroatoms. The van der Waals surface area contributed by atoms with Crippen molar-refractivity contribution in [2.45, 2.75) is 45.4 Å². The van der Waals surface area contributed by atoms with E-state index >= 15 is 0 Å². The van der Waals surface area contributed by atoms with E-state index in [1.165, 1.54) is 0 Å². The molecule has 1 fully saturated rings. The number of aliphatic hydroxyl groups is 1. The number of nitrogens with zero attached hydrogens (tertiary/aromatic N) is 3. The Kier molecular flexibility index (Phi) is 8.21. The lowest BCUT2D eigenvalue weighted by atomic mass is 9.93. The number of hydrogen-bond acceptors (Lipinski definition) is 6. The Balaban J connectivity index is 1.33. The van der Waals surface area contributed by atoms with Crippen molar-refractivity contribution in [3.8, 4) is 17.2 Å². The number of β-amino-alcohol motifs (C(OH)–C–C–N with tert-alkyl or cyclic N) is 1. The maximum atomic E-state index is 11.3. The van der Waals surface area contributed by atoms with Gasteiger partial charge in [-0.2, -0.15) is 5.10 Å². The molecule has 0 saturated carbocycles. The summed E-state index contributed by atoms with van der Waals surface area (Å²) in [6, 6.07) is 11.7. The molecule has 2 aromatic carbocycles. The Morgan fingerprint density at radius 3 is 2.63 bits per heavy atom. The molecule has 0 unspecified atom stereocenters. The van der Waals surface area contributed by atoms with Crippen molar-refractivity contribution in [3.63, 3.8) is 0 Å². The highest BCUT2D eigenvalue weighted by Gasteiger charge is 2.34. The number of halogens is 1. The lowest BCUT2D eigenvalue weighted by Crippen LogP contribution is -2.51. The Morgan fingerprint density at radius 1 is 1.11 bits per heavy atom. The van der Waals surface area contributed by atoms with Gasteiger partial charge < -0.3 is 19.3 Å². The molecule has 1 N–H and O–H groups in total. The monoisotopic (exact) mass is 499 g/mol. The van der Waals surface area contributed by atoms with Crippen molar-refractivity contribution in [1.82, 2.24) is 14.7 Å². The van der Waals surface area contributed by atoms with E-state index in [1.54, 1.807) is 13.3 Å². The molecule has 188 valence electrons. The summed E-state index contributed by atoms with van der Waals surface area (Å²) in [5.74, 6) is 2.15. The highest BCUT2D eigenvalue weighted by atomic mass is 35.5. The Labute approximate surface area is 212 Å². The molecule has 7 nitrogen and oxygen atoms in total. The number of aryl methyl sites for hydroxylation is 2. The molecular weight excluding hydrogens is 466 g/mol. The van der Waals surface area contributed by atoms with E-state index in [0.717, 1.165) is 40.4 Å². The molecule has 2 heterocycles. The smallest absolute Gasteiger partial charge is 0.161 e. The molecular formula is C27H34ClN3O4. The first-order valence-electron chi connectivity index (χ1n) is 12.0. The van der Waals surface area contributed by atoms with Gasteiger partial charge in [0.1, 0.15) is 24.6 Å². The van der Waals surface area contributed by atoms with Crippen LogP contribution in [-0.2, 0) is 13.1 Å². The van der Waals surface area contributed by atoms with Gasteiger partial charge in [-0.15, -0.1) is 0 Å². The fourth-order valence-electron chi connectivity index (χ4n) is 4.54. The van der Waals surface area contributed by atoms with Crippen LogP contribution in [0.25, 0.3) is 0 Å². The summed E-state index contributed by atoms with van der Waals surface area (Å²) in [5, 5.41) is 16.2. The first-order chi connectivity index (χ1) is 16.8. The van der Waals surface area contributed by atoms with Crippen LogP contribution >= 0.6 is 11.6 Å². The number of aromatic nitrogens is 2. The Bertz CT molecular complexity index is 1100. The molecule has 0 amide bonds. The van der Waals surface area contributed by atoms with Gasteiger partial charge in [-0.05, 0) is 80.3 Å². The molecule has 0 spiro atoms. The molecule has 35 heavy (non-hydrogen) atoms. The van der Waals surface area contributed by atoms with Crippen LogP contribution in [0.2, 0.25) is 5.02 Å². The minimum Gasteiger partial charge on any atom is -0.493 e. The first-order valence-corrected chi connectivity index (χ1v) is 12.3. The van der Waals surface area contributed by atoms with Crippen LogP contribution in [0, 0.1) is 13.8 Å². The zero-order chi connectivity index (χ0) is 24.8. The quantitative estimate of drug-likeness (QED) is 0.438. The number of likely N-dealkylation sites (tertiary alicyclic amines) is 1. The van der Waals surface area contributed by atoms with Crippen LogP contribution in [0.15, 0.2) is 48.8 Å². The second-order valence-electron chi connectivity index (χ2n) is 9.30. The molecule has 4 rings (SSSR count). The molecule has 1 saturated heterocycles. The number of rotatable bonds is 10. The Morgan fingerprint density at radius 2 is 1.91 bits per heavy atom. The van der Waals surface area contributed by atoms with Crippen molar-refractivity contribution < 1.29 is 19.3 Å². The van der Waals surface area contributed by atoms with E-state index in [1.807, 2.05) is 55.1 Å². The number of hydrogen-bond donors (Lipinski definition) is 1. The van der Waals surface area contributed by atoms with Gasteiger partial charge in [0.15, 0.2) is 11.5 Å². The van der Waals surface area contributed by atoms with E-state index in [0.29, 0.717) is 44.2 Å². The third kappa shape index (κ3) is 6.69. The molecule has 0 aliphatic carbocycles. The predicted molar refractivity (Wildman–Crippen MR) is 137 cm³/mol. The third-order valence-corrected chi connectivity index (χ3v) is 6.92. The lowest BCUT2D eigenvalue weighted by molar-refractivity contribution is -0.0621. The second kappa shape index (κ2) is 11.3. The third-order valence-electron chi connectivity index (χ3n) is 6.32. The van der Waals surface area contributed by atoms with Crippen molar-refractivity contribution >= 4 is 11.6 Å². The maximum absolute atomic E-state index is 11.3. The SMILES string of the molecule is COc1cc(CN2CCC[C@](O)(COc3cc(C)c(Cl)c(C)c3)C2)ccc1OCCn1cccn1. The topological polar surface area (TPSA) is 69.0 Å². The maximum Gasteiger partial charge on any atom is 0.161 e. The second-order valence-corrected chi connectivity index (χ2v) is 9.68. The van der Waals surface area contributed by atoms with Crippen LogP contribution in [0.1, 0.15) is 29.5 Å². The molecule has 1 aromatic heterocycles. The summed E-state index contributed by atoms with van der Waals surface area (Å²) in [6.07, 6.45) is 5.28. The van der Waals surface area contributed by atoms with Gasteiger partial charge in [0, 0.05) is 30.5 Å². The molecule has 1 aliphatic heterocycles. The largest absolute Gasteiger partial charge is 0.493 e. The number of ether oxygens (including phenoxy) is 3. The van der Waals surface area contributed by atoms with E-state index in [4.69, 9.17) is 25.8 Å². The van der Waals surface area contributed by atoms with Gasteiger partial charge >= 0.3 is 0 Å². The minimum absolute atomic E-state index is 0.246. The van der Waals surface area contributed by atoms with Crippen molar-refractivity contribution in [2.24, 2.45) is 0 Å². The number of methoxy groups -OCH3 is 1. The van der Waals surface area contributed by atoms with Crippen molar-refractivity contribution in [1.29, 1.82) is 0 Å². The van der Waals surface area contributed by atoms with E-state index in [2.05, 4.69) is 16.1 Å². The highest BCUT2D eigenvalue weighted by molar-refractivity contribution is 6.32. The summed E-state index contributed by atoms with van der Waals surface area (Å²) in [6.45, 7) is 7.52. The first kappa shape index (κ1) is 25.4. The zero-order valence-electron chi connectivity index (χ0n) is 20.7. The van der Waals surface area contributed by atoms with Crippen LogP contribution in [0.3, 0.4) is 0 Å². The summed E-state index contributed by atoms with van der Waals surface area (Å²) in [7, 11) is 1.65. The fourth-order valence-corrected chi connectivity index (χ4v) is 4.64. The minimum atomic E-state index is -0.903. The van der Waals surface area contributed by atoms with Crippen molar-refractivity contribution in [3.05, 3.63) is 70.5 Å². The van der Waals surface area contributed by atoms with E-state index in [-0.39, 0.29) is 6.61 Å². The van der Waals surface area contributed by atoms with E-state index in [9.17, 15) is 5.11 Å². The highest BCUT2D eigenvalue weighted by Crippen LogP contribution is 2.31. The molecule has 1 aliphatic rings. The number of piperidine rings is 1. The molecule has 0 bridgehead atoms. The molecule has 3 aromatic rings. The van der Waals surface area contributed by atoms with Gasteiger partial charge in [-0.3, -0.25) is 9.58 Å². The summed E-state index contributed by atoms with van der Waals surface area (Å²) in [5.41, 5.74) is 2.15. The van der Waals surface area contributed by atoms with Crippen molar-refractivity contribution in [2.75, 3.05) is 33.4 Å². The zero-order valence-corrected chi connectivity index (χ0v) is 21.4. The van der Waals surface area contributed by atoms with Gasteiger partial charge in [0.25, 0.3) is 0 Å². The summed E-state index contributed by atoms with van der Waals surface area (Å²) >= 11 is 6.27.